The highest BCUT2D eigenvalue weighted by Gasteiger charge is 2.07. The Bertz CT molecular complexity index is 529. The number of rotatable bonds is 3. The van der Waals surface area contributed by atoms with Crippen molar-refractivity contribution in [2.45, 2.75) is 12.8 Å². The largest absolute Gasteiger partial charge is 0.455 e. The SMILES string of the molecule is Cc1ncccc1Oc1ccc(Cl)cc1CCl. The average Bonchev–Trinajstić information content (AvgIpc) is 2.34. The lowest BCUT2D eigenvalue weighted by molar-refractivity contribution is 0.471. The van der Waals surface area contributed by atoms with Gasteiger partial charge in [-0.05, 0) is 37.3 Å². The van der Waals surface area contributed by atoms with E-state index in [1.807, 2.05) is 25.1 Å². The van der Waals surface area contributed by atoms with E-state index in [4.69, 9.17) is 27.9 Å². The first-order chi connectivity index (χ1) is 8.20. The van der Waals surface area contributed by atoms with E-state index >= 15 is 0 Å². The zero-order valence-electron chi connectivity index (χ0n) is 9.28. The quantitative estimate of drug-likeness (QED) is 0.760. The second-order valence-electron chi connectivity index (χ2n) is 3.57. The third-order valence-corrected chi connectivity index (χ3v) is 2.87. The lowest BCUT2D eigenvalue weighted by atomic mass is 10.2. The number of alkyl halides is 1. The molecule has 4 heteroatoms. The standard InChI is InChI=1S/C13H11Cl2NO/c1-9-12(3-2-6-16-9)17-13-5-4-11(15)7-10(13)8-14/h2-7H,8H2,1H3. The number of hydrogen-bond donors (Lipinski definition) is 0. The van der Waals surface area contributed by atoms with Gasteiger partial charge in [0.2, 0.25) is 0 Å². The molecule has 1 aromatic heterocycles. The first-order valence-corrected chi connectivity index (χ1v) is 6.06. The van der Waals surface area contributed by atoms with Crippen LogP contribution in [0.4, 0.5) is 0 Å². The van der Waals surface area contributed by atoms with Gasteiger partial charge in [0, 0.05) is 16.8 Å². The minimum absolute atomic E-state index is 0.356. The van der Waals surface area contributed by atoms with Gasteiger partial charge in [-0.1, -0.05) is 11.6 Å². The highest BCUT2D eigenvalue weighted by Crippen LogP contribution is 2.29. The summed E-state index contributed by atoms with van der Waals surface area (Å²) in [5.74, 6) is 1.79. The molecule has 0 aliphatic heterocycles. The Balaban J connectivity index is 2.33. The van der Waals surface area contributed by atoms with Crippen LogP contribution in [-0.4, -0.2) is 4.98 Å². The maximum absolute atomic E-state index is 5.90. The maximum atomic E-state index is 5.90. The Labute approximate surface area is 110 Å². The van der Waals surface area contributed by atoms with E-state index in [-0.39, 0.29) is 0 Å². The van der Waals surface area contributed by atoms with Gasteiger partial charge in [0.15, 0.2) is 0 Å². The molecule has 0 amide bonds. The summed E-state index contributed by atoms with van der Waals surface area (Å²) in [5, 5.41) is 0.649. The van der Waals surface area contributed by atoms with Crippen LogP contribution in [0.1, 0.15) is 11.3 Å². The molecule has 0 fully saturated rings. The topological polar surface area (TPSA) is 22.1 Å². The maximum Gasteiger partial charge on any atom is 0.148 e. The summed E-state index contributed by atoms with van der Waals surface area (Å²) >= 11 is 11.8. The minimum atomic E-state index is 0.356. The molecule has 0 aliphatic rings. The van der Waals surface area contributed by atoms with Crippen LogP contribution in [0.2, 0.25) is 5.02 Å². The zero-order valence-corrected chi connectivity index (χ0v) is 10.8. The molecule has 0 bridgehead atoms. The fraction of sp³-hybridized carbons (Fsp3) is 0.154. The number of nitrogens with zero attached hydrogens (tertiary/aromatic N) is 1. The van der Waals surface area contributed by atoms with Crippen molar-refractivity contribution in [2.75, 3.05) is 0 Å². The second kappa shape index (κ2) is 5.39. The molecule has 0 N–H and O–H groups in total. The molecule has 0 spiro atoms. The van der Waals surface area contributed by atoms with E-state index in [2.05, 4.69) is 4.98 Å². The van der Waals surface area contributed by atoms with Crippen molar-refractivity contribution in [2.24, 2.45) is 0 Å². The molecule has 17 heavy (non-hydrogen) atoms. The van der Waals surface area contributed by atoms with Crippen molar-refractivity contribution < 1.29 is 4.74 Å². The van der Waals surface area contributed by atoms with E-state index < -0.39 is 0 Å². The van der Waals surface area contributed by atoms with Gasteiger partial charge < -0.3 is 4.74 Å². The second-order valence-corrected chi connectivity index (χ2v) is 4.28. The van der Waals surface area contributed by atoms with Gasteiger partial charge in [0.1, 0.15) is 11.5 Å². The van der Waals surface area contributed by atoms with E-state index in [0.717, 1.165) is 17.0 Å². The third kappa shape index (κ3) is 2.90. The fourth-order valence-corrected chi connectivity index (χ4v) is 1.85. The molecule has 0 radical (unpaired) electrons. The summed E-state index contributed by atoms with van der Waals surface area (Å²) < 4.78 is 5.78. The van der Waals surface area contributed by atoms with E-state index in [1.165, 1.54) is 0 Å². The Morgan fingerprint density at radius 1 is 1.24 bits per heavy atom. The molecule has 1 aromatic carbocycles. The molecule has 0 aliphatic carbocycles. The smallest absolute Gasteiger partial charge is 0.148 e. The van der Waals surface area contributed by atoms with Crippen molar-refractivity contribution in [3.63, 3.8) is 0 Å². The van der Waals surface area contributed by atoms with Crippen molar-refractivity contribution in [1.29, 1.82) is 0 Å². The molecule has 0 unspecified atom stereocenters. The summed E-state index contributed by atoms with van der Waals surface area (Å²) in [5.41, 5.74) is 1.70. The lowest BCUT2D eigenvalue weighted by Gasteiger charge is -2.11. The van der Waals surface area contributed by atoms with Gasteiger partial charge in [-0.2, -0.15) is 0 Å². The predicted molar refractivity (Wildman–Crippen MR) is 70.1 cm³/mol. The number of pyridine rings is 1. The molecular weight excluding hydrogens is 257 g/mol. The Kier molecular flexibility index (Phi) is 3.87. The minimum Gasteiger partial charge on any atom is -0.455 e. The fourth-order valence-electron chi connectivity index (χ4n) is 1.45. The number of aryl methyl sites for hydroxylation is 1. The summed E-state index contributed by atoms with van der Waals surface area (Å²) in [6.45, 7) is 1.89. The molecular formula is C13H11Cl2NO. The molecule has 0 saturated heterocycles. The normalized spacial score (nSPS) is 10.3. The van der Waals surface area contributed by atoms with Crippen LogP contribution in [-0.2, 0) is 5.88 Å². The van der Waals surface area contributed by atoms with Gasteiger partial charge in [-0.15, -0.1) is 11.6 Å². The molecule has 2 aromatic rings. The molecule has 2 rings (SSSR count). The van der Waals surface area contributed by atoms with E-state index in [9.17, 15) is 0 Å². The monoisotopic (exact) mass is 267 g/mol. The third-order valence-electron chi connectivity index (χ3n) is 2.34. The summed E-state index contributed by atoms with van der Waals surface area (Å²) in [6.07, 6.45) is 1.73. The van der Waals surface area contributed by atoms with E-state index in [1.54, 1.807) is 18.3 Å². The first-order valence-electron chi connectivity index (χ1n) is 5.14. The zero-order chi connectivity index (χ0) is 12.3. The van der Waals surface area contributed by atoms with Crippen LogP contribution in [0.3, 0.4) is 0 Å². The predicted octanol–water partition coefficient (Wildman–Crippen LogP) is 4.57. The number of halogens is 2. The summed E-state index contributed by atoms with van der Waals surface area (Å²) in [6, 6.07) is 9.09. The Morgan fingerprint density at radius 3 is 2.76 bits per heavy atom. The van der Waals surface area contributed by atoms with Crippen molar-refractivity contribution in [3.05, 3.63) is 52.8 Å². The highest BCUT2D eigenvalue weighted by atomic mass is 35.5. The van der Waals surface area contributed by atoms with Crippen molar-refractivity contribution in [1.82, 2.24) is 4.98 Å². The molecule has 88 valence electrons. The van der Waals surface area contributed by atoms with Gasteiger partial charge >= 0.3 is 0 Å². The molecule has 0 saturated carbocycles. The van der Waals surface area contributed by atoms with Crippen LogP contribution in [0.5, 0.6) is 11.5 Å². The number of benzene rings is 1. The lowest BCUT2D eigenvalue weighted by Crippen LogP contribution is -1.92. The molecule has 0 atom stereocenters. The van der Waals surface area contributed by atoms with Gasteiger partial charge in [0.25, 0.3) is 0 Å². The van der Waals surface area contributed by atoms with Crippen LogP contribution in [0.25, 0.3) is 0 Å². The van der Waals surface area contributed by atoms with Crippen molar-refractivity contribution >= 4 is 23.2 Å². The van der Waals surface area contributed by atoms with Gasteiger partial charge in [-0.3, -0.25) is 4.98 Å². The van der Waals surface area contributed by atoms with Crippen LogP contribution in [0.15, 0.2) is 36.5 Å². The first kappa shape index (κ1) is 12.2. The number of hydrogen-bond acceptors (Lipinski definition) is 2. The van der Waals surface area contributed by atoms with Crippen LogP contribution in [0, 0.1) is 6.92 Å². The average molecular weight is 268 g/mol. The van der Waals surface area contributed by atoms with Gasteiger partial charge in [-0.25, -0.2) is 0 Å². The molecule has 2 nitrogen and oxygen atoms in total. The summed E-state index contributed by atoms with van der Waals surface area (Å²) in [7, 11) is 0. The van der Waals surface area contributed by atoms with Crippen LogP contribution < -0.4 is 4.74 Å². The van der Waals surface area contributed by atoms with Crippen molar-refractivity contribution in [3.8, 4) is 11.5 Å². The van der Waals surface area contributed by atoms with Crippen LogP contribution >= 0.6 is 23.2 Å². The highest BCUT2D eigenvalue weighted by molar-refractivity contribution is 6.30. The van der Waals surface area contributed by atoms with E-state index in [0.29, 0.717) is 16.7 Å². The Hall–Kier alpha value is -1.25. The summed E-state index contributed by atoms with van der Waals surface area (Å²) in [4.78, 5) is 4.16. The molecule has 1 heterocycles. The van der Waals surface area contributed by atoms with Gasteiger partial charge in [0.05, 0.1) is 11.6 Å². The number of aromatic nitrogens is 1. The Morgan fingerprint density at radius 2 is 2.06 bits per heavy atom. The number of ether oxygens (including phenoxy) is 1.